The van der Waals surface area contributed by atoms with Crippen molar-refractivity contribution in [3.05, 3.63) is 39.7 Å². The Hall–Kier alpha value is -1.82. The lowest BCUT2D eigenvalue weighted by molar-refractivity contribution is -0.387. The number of rotatable bonds is 4. The monoisotopic (exact) mass is 266 g/mol. The molecule has 0 spiro atoms. The zero-order valence-electron chi connectivity index (χ0n) is 10.4. The van der Waals surface area contributed by atoms with Gasteiger partial charge in [0.05, 0.1) is 4.92 Å². The molecular weight excluding hydrogens is 251 g/mol. The van der Waals surface area contributed by atoms with Crippen molar-refractivity contribution in [3.63, 3.8) is 0 Å². The van der Waals surface area contributed by atoms with Gasteiger partial charge in [0.1, 0.15) is 6.29 Å². The maximum absolute atomic E-state index is 13.5. The van der Waals surface area contributed by atoms with E-state index in [1.54, 1.807) is 6.07 Å². The van der Waals surface area contributed by atoms with Gasteiger partial charge in [0.25, 0.3) is 0 Å². The van der Waals surface area contributed by atoms with Crippen molar-refractivity contribution in [2.45, 2.75) is 19.4 Å². The van der Waals surface area contributed by atoms with E-state index >= 15 is 0 Å². The van der Waals surface area contributed by atoms with Gasteiger partial charge < -0.3 is 4.79 Å². The summed E-state index contributed by atoms with van der Waals surface area (Å²) in [4.78, 5) is 22.6. The van der Waals surface area contributed by atoms with Crippen LogP contribution in [0.3, 0.4) is 0 Å². The van der Waals surface area contributed by atoms with E-state index in [2.05, 4.69) is 4.90 Å². The van der Waals surface area contributed by atoms with Crippen LogP contribution in [0.4, 0.5) is 10.1 Å². The number of benzene rings is 1. The molecule has 0 aromatic heterocycles. The summed E-state index contributed by atoms with van der Waals surface area (Å²) in [5.41, 5.74) is 0.219. The van der Waals surface area contributed by atoms with Gasteiger partial charge in [0.2, 0.25) is 5.82 Å². The minimum Gasteiger partial charge on any atom is -0.303 e. The largest absolute Gasteiger partial charge is 0.304 e. The standard InChI is InChI=1S/C13H15FN2O3/c14-12-7-11(1-2-13(12)16(18)19)8-15-5-3-10(9-17)4-6-15/h1-2,7,9-10H,3-6,8H2. The van der Waals surface area contributed by atoms with Crippen LogP contribution in [-0.2, 0) is 11.3 Å². The summed E-state index contributed by atoms with van der Waals surface area (Å²) < 4.78 is 13.5. The van der Waals surface area contributed by atoms with Gasteiger partial charge in [0.15, 0.2) is 0 Å². The highest BCUT2D eigenvalue weighted by molar-refractivity contribution is 5.53. The van der Waals surface area contributed by atoms with Crippen LogP contribution in [0.25, 0.3) is 0 Å². The highest BCUT2D eigenvalue weighted by atomic mass is 19.1. The lowest BCUT2D eigenvalue weighted by Gasteiger charge is -2.29. The van der Waals surface area contributed by atoms with E-state index in [9.17, 15) is 19.3 Å². The van der Waals surface area contributed by atoms with Crippen molar-refractivity contribution in [3.8, 4) is 0 Å². The molecule has 102 valence electrons. The molecule has 1 aromatic rings. The van der Waals surface area contributed by atoms with Crippen molar-refractivity contribution in [2.75, 3.05) is 13.1 Å². The first-order chi connectivity index (χ1) is 9.10. The Morgan fingerprint density at radius 2 is 2.11 bits per heavy atom. The van der Waals surface area contributed by atoms with Crippen LogP contribution in [0.15, 0.2) is 18.2 Å². The number of carbonyl (C=O) groups excluding carboxylic acids is 1. The Morgan fingerprint density at radius 1 is 1.42 bits per heavy atom. The third-order valence-electron chi connectivity index (χ3n) is 3.44. The van der Waals surface area contributed by atoms with E-state index in [1.165, 1.54) is 12.1 Å². The fraction of sp³-hybridized carbons (Fsp3) is 0.462. The number of hydrogen-bond acceptors (Lipinski definition) is 4. The van der Waals surface area contributed by atoms with Crippen LogP contribution in [0.5, 0.6) is 0 Å². The lowest BCUT2D eigenvalue weighted by Crippen LogP contribution is -2.33. The molecule has 1 heterocycles. The molecule has 0 bridgehead atoms. The number of carbonyl (C=O) groups is 1. The van der Waals surface area contributed by atoms with E-state index in [0.717, 1.165) is 32.2 Å². The minimum atomic E-state index is -0.801. The summed E-state index contributed by atoms with van der Waals surface area (Å²) >= 11 is 0. The molecule has 1 aliphatic rings. The number of piperidine rings is 1. The molecule has 0 saturated carbocycles. The van der Waals surface area contributed by atoms with E-state index < -0.39 is 16.4 Å². The average Bonchev–Trinajstić information content (AvgIpc) is 2.39. The molecule has 5 nitrogen and oxygen atoms in total. The van der Waals surface area contributed by atoms with Crippen LogP contribution >= 0.6 is 0 Å². The number of halogens is 1. The number of nitro groups is 1. The topological polar surface area (TPSA) is 63.5 Å². The lowest BCUT2D eigenvalue weighted by atomic mass is 9.98. The molecule has 0 radical (unpaired) electrons. The predicted octanol–water partition coefficient (Wildman–Crippen LogP) is 2.14. The van der Waals surface area contributed by atoms with Crippen LogP contribution in [0.1, 0.15) is 18.4 Å². The predicted molar refractivity (Wildman–Crippen MR) is 67.1 cm³/mol. The van der Waals surface area contributed by atoms with Crippen molar-refractivity contribution in [2.24, 2.45) is 5.92 Å². The Morgan fingerprint density at radius 3 is 2.63 bits per heavy atom. The second kappa shape index (κ2) is 5.88. The fourth-order valence-corrected chi connectivity index (χ4v) is 2.30. The second-order valence-electron chi connectivity index (χ2n) is 4.79. The van der Waals surface area contributed by atoms with Gasteiger partial charge in [-0.1, -0.05) is 6.07 Å². The molecule has 0 amide bonds. The number of hydrogen-bond donors (Lipinski definition) is 0. The first-order valence-electron chi connectivity index (χ1n) is 6.20. The number of aldehydes is 1. The average molecular weight is 266 g/mol. The minimum absolute atomic E-state index is 0.129. The molecule has 0 unspecified atom stereocenters. The molecule has 0 aliphatic carbocycles. The molecule has 1 aliphatic heterocycles. The van der Waals surface area contributed by atoms with E-state index in [0.29, 0.717) is 12.1 Å². The van der Waals surface area contributed by atoms with Gasteiger partial charge in [-0.25, -0.2) is 0 Å². The molecule has 1 aromatic carbocycles. The van der Waals surface area contributed by atoms with Gasteiger partial charge in [-0.3, -0.25) is 15.0 Å². The smallest absolute Gasteiger partial charge is 0.303 e. The molecule has 1 fully saturated rings. The van der Waals surface area contributed by atoms with Crippen molar-refractivity contribution < 1.29 is 14.1 Å². The van der Waals surface area contributed by atoms with Gasteiger partial charge in [-0.15, -0.1) is 0 Å². The van der Waals surface area contributed by atoms with E-state index in [-0.39, 0.29) is 5.92 Å². The van der Waals surface area contributed by atoms with Gasteiger partial charge in [-0.05, 0) is 37.6 Å². The Kier molecular flexibility index (Phi) is 4.21. The molecule has 6 heteroatoms. The SMILES string of the molecule is O=CC1CCN(Cc2ccc([N+](=O)[O-])c(F)c2)CC1. The third-order valence-corrected chi connectivity index (χ3v) is 3.44. The molecule has 1 saturated heterocycles. The van der Waals surface area contributed by atoms with Crippen molar-refractivity contribution in [1.82, 2.24) is 4.90 Å². The maximum atomic E-state index is 13.5. The van der Waals surface area contributed by atoms with Crippen LogP contribution in [-0.4, -0.2) is 29.2 Å². The van der Waals surface area contributed by atoms with Crippen LogP contribution in [0.2, 0.25) is 0 Å². The van der Waals surface area contributed by atoms with Crippen LogP contribution < -0.4 is 0 Å². The van der Waals surface area contributed by atoms with Gasteiger partial charge in [-0.2, -0.15) is 4.39 Å². The summed E-state index contributed by atoms with van der Waals surface area (Å²) in [5, 5.41) is 10.5. The first-order valence-corrected chi connectivity index (χ1v) is 6.20. The summed E-state index contributed by atoms with van der Waals surface area (Å²) in [6, 6.07) is 3.99. The van der Waals surface area contributed by atoms with Gasteiger partial charge in [0, 0.05) is 18.5 Å². The van der Waals surface area contributed by atoms with Crippen molar-refractivity contribution >= 4 is 12.0 Å². The Balaban J connectivity index is 1.98. The quantitative estimate of drug-likeness (QED) is 0.476. The summed E-state index contributed by atoms with van der Waals surface area (Å²) in [7, 11) is 0. The first kappa shape index (κ1) is 13.6. The normalized spacial score (nSPS) is 17.3. The van der Waals surface area contributed by atoms with E-state index in [1.807, 2.05) is 0 Å². The molecule has 0 N–H and O–H groups in total. The van der Waals surface area contributed by atoms with Crippen molar-refractivity contribution in [1.29, 1.82) is 0 Å². The highest BCUT2D eigenvalue weighted by Gasteiger charge is 2.20. The summed E-state index contributed by atoms with van der Waals surface area (Å²) in [6.45, 7) is 2.14. The number of nitrogens with zero attached hydrogens (tertiary/aromatic N) is 2. The summed E-state index contributed by atoms with van der Waals surface area (Å²) in [5.74, 6) is -0.671. The maximum Gasteiger partial charge on any atom is 0.304 e. The second-order valence-corrected chi connectivity index (χ2v) is 4.79. The third kappa shape index (κ3) is 3.35. The Labute approximate surface area is 110 Å². The number of likely N-dealkylation sites (tertiary alicyclic amines) is 1. The zero-order valence-corrected chi connectivity index (χ0v) is 10.4. The van der Waals surface area contributed by atoms with Gasteiger partial charge >= 0.3 is 5.69 Å². The van der Waals surface area contributed by atoms with E-state index in [4.69, 9.17) is 0 Å². The Bertz CT molecular complexity index is 485. The number of nitro benzene ring substituents is 1. The highest BCUT2D eigenvalue weighted by Crippen LogP contribution is 2.21. The van der Waals surface area contributed by atoms with Crippen LogP contribution in [0, 0.1) is 21.8 Å². The molecular formula is C13H15FN2O3. The summed E-state index contributed by atoms with van der Waals surface area (Å²) in [6.07, 6.45) is 2.63. The molecule has 19 heavy (non-hydrogen) atoms. The fourth-order valence-electron chi connectivity index (χ4n) is 2.30. The molecule has 2 rings (SSSR count). The molecule has 0 atom stereocenters. The zero-order chi connectivity index (χ0) is 13.8.